The van der Waals surface area contributed by atoms with Crippen LogP contribution in [0.3, 0.4) is 0 Å². The standard InChI is InChI=1S/C12H18BrN/c1-9(2)7-10(3)14-12-6-4-5-11(13)8-12/h4-6,8-10,14H,7H2,1-3H3. The van der Waals surface area contributed by atoms with Crippen LogP contribution in [0.15, 0.2) is 28.7 Å². The maximum absolute atomic E-state index is 3.48. The Morgan fingerprint density at radius 3 is 2.57 bits per heavy atom. The zero-order valence-electron chi connectivity index (χ0n) is 9.05. The maximum atomic E-state index is 3.48. The third-order valence-corrected chi connectivity index (χ3v) is 2.56. The van der Waals surface area contributed by atoms with Gasteiger partial charge in [0.05, 0.1) is 0 Å². The van der Waals surface area contributed by atoms with Gasteiger partial charge in [-0.3, -0.25) is 0 Å². The predicted molar refractivity (Wildman–Crippen MR) is 66.7 cm³/mol. The van der Waals surface area contributed by atoms with Crippen LogP contribution in [0.4, 0.5) is 5.69 Å². The molecular formula is C12H18BrN. The molecule has 0 fully saturated rings. The Morgan fingerprint density at radius 2 is 2.00 bits per heavy atom. The summed E-state index contributed by atoms with van der Waals surface area (Å²) in [6, 6.07) is 8.83. The molecule has 1 aromatic rings. The molecule has 0 bridgehead atoms. The summed E-state index contributed by atoms with van der Waals surface area (Å²) < 4.78 is 1.12. The van der Waals surface area contributed by atoms with E-state index >= 15 is 0 Å². The summed E-state index contributed by atoms with van der Waals surface area (Å²) in [6.45, 7) is 6.72. The lowest BCUT2D eigenvalue weighted by Crippen LogP contribution is -2.17. The van der Waals surface area contributed by atoms with Gasteiger partial charge in [-0.05, 0) is 37.5 Å². The van der Waals surface area contributed by atoms with Gasteiger partial charge in [0.2, 0.25) is 0 Å². The molecule has 1 rings (SSSR count). The molecule has 0 amide bonds. The third kappa shape index (κ3) is 4.14. The average molecular weight is 256 g/mol. The third-order valence-electron chi connectivity index (χ3n) is 2.06. The second kappa shape index (κ2) is 5.40. The van der Waals surface area contributed by atoms with Crippen LogP contribution in [-0.2, 0) is 0 Å². The van der Waals surface area contributed by atoms with Gasteiger partial charge in [-0.15, -0.1) is 0 Å². The van der Waals surface area contributed by atoms with E-state index in [0.717, 1.165) is 10.4 Å². The highest BCUT2D eigenvalue weighted by Crippen LogP contribution is 2.17. The number of anilines is 1. The second-order valence-corrected chi connectivity index (χ2v) is 5.10. The molecule has 1 aromatic carbocycles. The van der Waals surface area contributed by atoms with Crippen LogP contribution < -0.4 is 5.32 Å². The molecule has 0 spiro atoms. The summed E-state index contributed by atoms with van der Waals surface area (Å²) in [5, 5.41) is 3.48. The molecule has 0 radical (unpaired) electrons. The Morgan fingerprint density at radius 1 is 1.29 bits per heavy atom. The van der Waals surface area contributed by atoms with Crippen molar-refractivity contribution in [3.63, 3.8) is 0 Å². The minimum absolute atomic E-state index is 0.532. The molecule has 0 aliphatic carbocycles. The topological polar surface area (TPSA) is 12.0 Å². The van der Waals surface area contributed by atoms with E-state index in [-0.39, 0.29) is 0 Å². The van der Waals surface area contributed by atoms with Crippen molar-refractivity contribution in [2.24, 2.45) is 5.92 Å². The first-order chi connectivity index (χ1) is 6.58. The van der Waals surface area contributed by atoms with Crippen LogP contribution >= 0.6 is 15.9 Å². The van der Waals surface area contributed by atoms with Crippen LogP contribution in [0.5, 0.6) is 0 Å². The van der Waals surface area contributed by atoms with Gasteiger partial charge in [0.25, 0.3) is 0 Å². The SMILES string of the molecule is CC(C)CC(C)Nc1cccc(Br)c1. The Bertz CT molecular complexity index is 283. The number of benzene rings is 1. The zero-order chi connectivity index (χ0) is 10.6. The highest BCUT2D eigenvalue weighted by Gasteiger charge is 2.04. The molecular weight excluding hydrogens is 238 g/mol. The van der Waals surface area contributed by atoms with E-state index in [4.69, 9.17) is 0 Å². The molecule has 0 heterocycles. The van der Waals surface area contributed by atoms with Crippen LogP contribution in [-0.4, -0.2) is 6.04 Å². The number of hydrogen-bond donors (Lipinski definition) is 1. The van der Waals surface area contributed by atoms with E-state index in [0.29, 0.717) is 6.04 Å². The minimum Gasteiger partial charge on any atom is -0.383 e. The van der Waals surface area contributed by atoms with Crippen molar-refractivity contribution in [3.8, 4) is 0 Å². The monoisotopic (exact) mass is 255 g/mol. The summed E-state index contributed by atoms with van der Waals surface area (Å²) in [6.07, 6.45) is 1.20. The van der Waals surface area contributed by atoms with Gasteiger partial charge in [-0.1, -0.05) is 35.8 Å². The molecule has 1 N–H and O–H groups in total. The van der Waals surface area contributed by atoms with Crippen molar-refractivity contribution < 1.29 is 0 Å². The van der Waals surface area contributed by atoms with Gasteiger partial charge in [-0.2, -0.15) is 0 Å². The van der Waals surface area contributed by atoms with E-state index < -0.39 is 0 Å². The van der Waals surface area contributed by atoms with Crippen molar-refractivity contribution in [2.45, 2.75) is 33.2 Å². The highest BCUT2D eigenvalue weighted by atomic mass is 79.9. The van der Waals surface area contributed by atoms with Crippen molar-refractivity contribution in [1.82, 2.24) is 0 Å². The van der Waals surface area contributed by atoms with Gasteiger partial charge in [0.1, 0.15) is 0 Å². The van der Waals surface area contributed by atoms with E-state index in [9.17, 15) is 0 Å². The van der Waals surface area contributed by atoms with E-state index in [2.05, 4.69) is 60.2 Å². The molecule has 78 valence electrons. The summed E-state index contributed by atoms with van der Waals surface area (Å²) in [4.78, 5) is 0. The maximum Gasteiger partial charge on any atom is 0.0353 e. The number of nitrogens with one attached hydrogen (secondary N) is 1. The number of halogens is 1. The second-order valence-electron chi connectivity index (χ2n) is 4.19. The lowest BCUT2D eigenvalue weighted by atomic mass is 10.1. The van der Waals surface area contributed by atoms with Gasteiger partial charge >= 0.3 is 0 Å². The molecule has 1 atom stereocenters. The largest absolute Gasteiger partial charge is 0.383 e. The molecule has 0 saturated carbocycles. The summed E-state index contributed by atoms with van der Waals surface area (Å²) in [5.41, 5.74) is 1.19. The van der Waals surface area contributed by atoms with Gasteiger partial charge in [0, 0.05) is 16.2 Å². The Labute approximate surface area is 95.0 Å². The van der Waals surface area contributed by atoms with Crippen LogP contribution in [0.2, 0.25) is 0 Å². The Kier molecular flexibility index (Phi) is 4.46. The smallest absolute Gasteiger partial charge is 0.0353 e. The summed E-state index contributed by atoms with van der Waals surface area (Å²) in [5.74, 6) is 0.740. The lowest BCUT2D eigenvalue weighted by molar-refractivity contribution is 0.540. The van der Waals surface area contributed by atoms with Crippen LogP contribution in [0.25, 0.3) is 0 Å². The minimum atomic E-state index is 0.532. The van der Waals surface area contributed by atoms with Crippen LogP contribution in [0.1, 0.15) is 27.2 Å². The molecule has 0 aliphatic rings. The average Bonchev–Trinajstić information content (AvgIpc) is 2.01. The molecule has 0 saturated heterocycles. The first kappa shape index (κ1) is 11.6. The molecule has 14 heavy (non-hydrogen) atoms. The highest BCUT2D eigenvalue weighted by molar-refractivity contribution is 9.10. The molecule has 0 aromatic heterocycles. The summed E-state index contributed by atoms with van der Waals surface area (Å²) in [7, 11) is 0. The van der Waals surface area contributed by atoms with E-state index in [1.165, 1.54) is 12.1 Å². The van der Waals surface area contributed by atoms with Crippen LogP contribution in [0, 0.1) is 5.92 Å². The van der Waals surface area contributed by atoms with Gasteiger partial charge in [0.15, 0.2) is 0 Å². The predicted octanol–water partition coefficient (Wildman–Crippen LogP) is 4.30. The van der Waals surface area contributed by atoms with Crippen molar-refractivity contribution >= 4 is 21.6 Å². The summed E-state index contributed by atoms with van der Waals surface area (Å²) >= 11 is 3.46. The molecule has 0 aliphatic heterocycles. The van der Waals surface area contributed by atoms with E-state index in [1.54, 1.807) is 0 Å². The van der Waals surface area contributed by atoms with Crippen molar-refractivity contribution in [3.05, 3.63) is 28.7 Å². The van der Waals surface area contributed by atoms with Gasteiger partial charge in [-0.25, -0.2) is 0 Å². The lowest BCUT2D eigenvalue weighted by Gasteiger charge is -2.17. The molecule has 1 nitrogen and oxygen atoms in total. The fourth-order valence-electron chi connectivity index (χ4n) is 1.63. The first-order valence-corrected chi connectivity index (χ1v) is 5.89. The number of rotatable bonds is 4. The zero-order valence-corrected chi connectivity index (χ0v) is 10.6. The fourth-order valence-corrected chi connectivity index (χ4v) is 2.03. The fraction of sp³-hybridized carbons (Fsp3) is 0.500. The van der Waals surface area contributed by atoms with Crippen molar-refractivity contribution in [1.29, 1.82) is 0 Å². The van der Waals surface area contributed by atoms with E-state index in [1.807, 2.05) is 6.07 Å². The van der Waals surface area contributed by atoms with Gasteiger partial charge < -0.3 is 5.32 Å². The first-order valence-electron chi connectivity index (χ1n) is 5.10. The molecule has 1 unspecified atom stereocenters. The molecule has 2 heteroatoms. The van der Waals surface area contributed by atoms with Crippen molar-refractivity contribution in [2.75, 3.05) is 5.32 Å². The Hall–Kier alpha value is -0.500. The normalized spacial score (nSPS) is 12.9. The quantitative estimate of drug-likeness (QED) is 0.847. The number of hydrogen-bond acceptors (Lipinski definition) is 1. The Balaban J connectivity index is 2.51.